The van der Waals surface area contributed by atoms with E-state index < -0.39 is 29.2 Å². The van der Waals surface area contributed by atoms with E-state index >= 15 is 0 Å². The lowest BCUT2D eigenvalue weighted by Gasteiger charge is -2.36. The molecule has 0 aromatic heterocycles. The predicted octanol–water partition coefficient (Wildman–Crippen LogP) is 3.48. The summed E-state index contributed by atoms with van der Waals surface area (Å²) in [6, 6.07) is 2.81. The topological polar surface area (TPSA) is 58.6 Å². The highest BCUT2D eigenvalue weighted by molar-refractivity contribution is 5.94. The standard InChI is InChI=1S/C18H24F2N2O3/c1-18(2,3)25-17(24)22-9-5-4-6-13(22)11-21-16(23)12-7-8-14(19)15(20)10-12/h7-8,10,13H,4-6,9,11H2,1-3H3,(H,21,23). The van der Waals surface area contributed by atoms with Crippen LogP contribution in [0.3, 0.4) is 0 Å². The minimum Gasteiger partial charge on any atom is -0.444 e. The minimum atomic E-state index is -1.07. The molecule has 1 heterocycles. The van der Waals surface area contributed by atoms with Crippen LogP contribution in [0, 0.1) is 11.6 Å². The Balaban J connectivity index is 1.97. The van der Waals surface area contributed by atoms with E-state index in [4.69, 9.17) is 4.74 Å². The normalized spacial score (nSPS) is 18.0. The van der Waals surface area contributed by atoms with Crippen LogP contribution in [0.25, 0.3) is 0 Å². The predicted molar refractivity (Wildman–Crippen MR) is 89.3 cm³/mol. The van der Waals surface area contributed by atoms with Crippen molar-refractivity contribution in [2.24, 2.45) is 0 Å². The molecule has 1 aliphatic heterocycles. The van der Waals surface area contributed by atoms with Crippen molar-refractivity contribution in [3.05, 3.63) is 35.4 Å². The summed E-state index contributed by atoms with van der Waals surface area (Å²) in [5, 5.41) is 2.69. The molecule has 1 unspecified atom stereocenters. The van der Waals surface area contributed by atoms with Gasteiger partial charge in [0, 0.05) is 18.7 Å². The molecule has 25 heavy (non-hydrogen) atoms. The van der Waals surface area contributed by atoms with Gasteiger partial charge in [-0.2, -0.15) is 0 Å². The van der Waals surface area contributed by atoms with Crippen molar-refractivity contribution in [3.8, 4) is 0 Å². The Labute approximate surface area is 146 Å². The lowest BCUT2D eigenvalue weighted by atomic mass is 10.0. The van der Waals surface area contributed by atoms with Gasteiger partial charge >= 0.3 is 6.09 Å². The Morgan fingerprint density at radius 1 is 1.24 bits per heavy atom. The Bertz CT molecular complexity index is 644. The molecule has 1 aromatic carbocycles. The highest BCUT2D eigenvalue weighted by Gasteiger charge is 2.30. The number of nitrogens with one attached hydrogen (secondary N) is 1. The van der Waals surface area contributed by atoms with Gasteiger partial charge in [0.15, 0.2) is 11.6 Å². The van der Waals surface area contributed by atoms with Gasteiger partial charge in [0.25, 0.3) is 5.91 Å². The molecule has 1 atom stereocenters. The van der Waals surface area contributed by atoms with Crippen molar-refractivity contribution < 1.29 is 23.1 Å². The molecule has 5 nitrogen and oxygen atoms in total. The third kappa shape index (κ3) is 5.41. The molecule has 0 aliphatic carbocycles. The van der Waals surface area contributed by atoms with Crippen molar-refractivity contribution in [2.75, 3.05) is 13.1 Å². The molecule has 7 heteroatoms. The summed E-state index contributed by atoms with van der Waals surface area (Å²) in [4.78, 5) is 26.1. The number of hydrogen-bond acceptors (Lipinski definition) is 3. The zero-order chi connectivity index (χ0) is 18.6. The van der Waals surface area contributed by atoms with Crippen LogP contribution >= 0.6 is 0 Å². The second-order valence-corrected chi connectivity index (χ2v) is 7.16. The van der Waals surface area contributed by atoms with Gasteiger partial charge in [0.05, 0.1) is 6.04 Å². The monoisotopic (exact) mass is 354 g/mol. The summed E-state index contributed by atoms with van der Waals surface area (Å²) in [7, 11) is 0. The molecule has 2 rings (SSSR count). The second-order valence-electron chi connectivity index (χ2n) is 7.16. The van der Waals surface area contributed by atoms with Crippen molar-refractivity contribution in [1.82, 2.24) is 10.2 Å². The van der Waals surface area contributed by atoms with Gasteiger partial charge in [-0.25, -0.2) is 13.6 Å². The molecular formula is C18H24F2N2O3. The first-order valence-electron chi connectivity index (χ1n) is 8.40. The maximum atomic E-state index is 13.2. The Kier molecular flexibility index (Phi) is 5.98. The summed E-state index contributed by atoms with van der Waals surface area (Å²) >= 11 is 0. The lowest BCUT2D eigenvalue weighted by Crippen LogP contribution is -2.50. The van der Waals surface area contributed by atoms with Gasteiger partial charge in [0.1, 0.15) is 5.60 Å². The van der Waals surface area contributed by atoms with Crippen LogP contribution in [0.2, 0.25) is 0 Å². The first kappa shape index (κ1) is 19.1. The molecule has 1 saturated heterocycles. The van der Waals surface area contributed by atoms with Crippen molar-refractivity contribution in [1.29, 1.82) is 0 Å². The third-order valence-electron chi connectivity index (χ3n) is 3.94. The molecule has 138 valence electrons. The van der Waals surface area contributed by atoms with Gasteiger partial charge in [-0.3, -0.25) is 4.79 Å². The number of carbonyl (C=O) groups excluding carboxylic acids is 2. The number of halogens is 2. The van der Waals surface area contributed by atoms with Crippen molar-refractivity contribution in [2.45, 2.75) is 51.7 Å². The third-order valence-corrected chi connectivity index (χ3v) is 3.94. The molecule has 1 aromatic rings. The SMILES string of the molecule is CC(C)(C)OC(=O)N1CCCCC1CNC(=O)c1ccc(F)c(F)c1. The molecule has 0 spiro atoms. The molecule has 2 amide bonds. The van der Waals surface area contributed by atoms with E-state index in [1.165, 1.54) is 6.07 Å². The lowest BCUT2D eigenvalue weighted by molar-refractivity contribution is 0.00986. The van der Waals surface area contributed by atoms with Crippen molar-refractivity contribution >= 4 is 12.0 Å². The maximum absolute atomic E-state index is 13.2. The minimum absolute atomic E-state index is 0.0403. The Morgan fingerprint density at radius 2 is 1.96 bits per heavy atom. The number of likely N-dealkylation sites (tertiary alicyclic amines) is 1. The summed E-state index contributed by atoms with van der Waals surface area (Å²) in [5.74, 6) is -2.57. The van der Waals surface area contributed by atoms with Crippen LogP contribution in [-0.2, 0) is 4.74 Å². The van der Waals surface area contributed by atoms with E-state index in [-0.39, 0.29) is 18.2 Å². The average molecular weight is 354 g/mol. The number of nitrogens with zero attached hydrogens (tertiary/aromatic N) is 1. The number of ether oxygens (including phenoxy) is 1. The smallest absolute Gasteiger partial charge is 0.410 e. The summed E-state index contributed by atoms with van der Waals surface area (Å²) < 4.78 is 31.6. The van der Waals surface area contributed by atoms with Crippen LogP contribution in [0.5, 0.6) is 0 Å². The molecule has 1 N–H and O–H groups in total. The number of rotatable bonds is 3. The van der Waals surface area contributed by atoms with Crippen molar-refractivity contribution in [3.63, 3.8) is 0 Å². The van der Waals surface area contributed by atoms with Gasteiger partial charge < -0.3 is 15.0 Å². The summed E-state index contributed by atoms with van der Waals surface area (Å²) in [6.07, 6.45) is 2.18. The van der Waals surface area contributed by atoms with Crippen LogP contribution in [-0.4, -0.2) is 41.6 Å². The number of benzene rings is 1. The van der Waals surface area contributed by atoms with E-state index in [0.29, 0.717) is 6.54 Å². The van der Waals surface area contributed by atoms with Crippen LogP contribution in [0.15, 0.2) is 18.2 Å². The second kappa shape index (κ2) is 7.80. The number of amides is 2. The number of carbonyl (C=O) groups is 2. The molecule has 0 radical (unpaired) electrons. The molecule has 0 saturated carbocycles. The van der Waals surface area contributed by atoms with E-state index in [1.54, 1.807) is 25.7 Å². The molecular weight excluding hydrogens is 330 g/mol. The summed E-state index contributed by atoms with van der Waals surface area (Å²) in [6.45, 7) is 6.20. The van der Waals surface area contributed by atoms with Gasteiger partial charge in [0.2, 0.25) is 0 Å². The first-order valence-corrected chi connectivity index (χ1v) is 8.40. The molecule has 1 aliphatic rings. The zero-order valence-corrected chi connectivity index (χ0v) is 14.8. The fraction of sp³-hybridized carbons (Fsp3) is 0.556. The van der Waals surface area contributed by atoms with Gasteiger partial charge in [-0.15, -0.1) is 0 Å². The Morgan fingerprint density at radius 3 is 2.60 bits per heavy atom. The van der Waals surface area contributed by atoms with Gasteiger partial charge in [-0.1, -0.05) is 0 Å². The quantitative estimate of drug-likeness (QED) is 0.904. The van der Waals surface area contributed by atoms with Crippen LogP contribution in [0.4, 0.5) is 13.6 Å². The fourth-order valence-electron chi connectivity index (χ4n) is 2.72. The first-order chi connectivity index (χ1) is 11.7. The fourth-order valence-corrected chi connectivity index (χ4v) is 2.72. The van der Waals surface area contributed by atoms with Crippen LogP contribution < -0.4 is 5.32 Å². The Hall–Kier alpha value is -2.18. The molecule has 1 fully saturated rings. The van der Waals surface area contributed by atoms with Crippen LogP contribution in [0.1, 0.15) is 50.4 Å². The molecule has 0 bridgehead atoms. The summed E-state index contributed by atoms with van der Waals surface area (Å²) in [5.41, 5.74) is -0.549. The largest absolute Gasteiger partial charge is 0.444 e. The number of piperidine rings is 1. The van der Waals surface area contributed by atoms with E-state index in [9.17, 15) is 18.4 Å². The zero-order valence-electron chi connectivity index (χ0n) is 14.8. The van der Waals surface area contributed by atoms with E-state index in [0.717, 1.165) is 31.4 Å². The highest BCUT2D eigenvalue weighted by Crippen LogP contribution is 2.20. The highest BCUT2D eigenvalue weighted by atomic mass is 19.2. The van der Waals surface area contributed by atoms with E-state index in [1.807, 2.05) is 0 Å². The number of hydrogen-bond donors (Lipinski definition) is 1. The van der Waals surface area contributed by atoms with Gasteiger partial charge in [-0.05, 0) is 58.2 Å². The average Bonchev–Trinajstić information content (AvgIpc) is 2.53. The van der Waals surface area contributed by atoms with E-state index in [2.05, 4.69) is 5.32 Å². The maximum Gasteiger partial charge on any atom is 0.410 e.